The molecule has 2 fully saturated rings. The van der Waals surface area contributed by atoms with Gasteiger partial charge in [0.05, 0.1) is 16.7 Å². The Hall–Kier alpha value is -0.620. The van der Waals surface area contributed by atoms with Crippen LogP contribution in [0.3, 0.4) is 0 Å². The summed E-state index contributed by atoms with van der Waals surface area (Å²) in [6.07, 6.45) is 3.07. The Morgan fingerprint density at radius 2 is 1.90 bits per heavy atom. The van der Waals surface area contributed by atoms with E-state index in [4.69, 9.17) is 4.55 Å². The molecule has 1 amide bonds. The second-order valence-corrected chi connectivity index (χ2v) is 9.65. The molecule has 0 aromatic carbocycles. The molecule has 21 heavy (non-hydrogen) atoms. The van der Waals surface area contributed by atoms with Crippen LogP contribution >= 0.6 is 0 Å². The fourth-order valence-corrected chi connectivity index (χ4v) is 5.52. The summed E-state index contributed by atoms with van der Waals surface area (Å²) in [4.78, 5) is 12.8. The van der Waals surface area contributed by atoms with Gasteiger partial charge < -0.3 is 5.32 Å². The first-order valence-electron chi connectivity index (χ1n) is 7.60. The second kappa shape index (κ2) is 4.69. The van der Waals surface area contributed by atoms with Gasteiger partial charge in [0.15, 0.2) is 0 Å². The van der Waals surface area contributed by atoms with Crippen molar-refractivity contribution < 1.29 is 17.8 Å². The summed E-state index contributed by atoms with van der Waals surface area (Å²) in [6, 6.07) is 0. The molecule has 0 heterocycles. The number of carbonyl (C=O) groups is 1. The fourth-order valence-electron chi connectivity index (χ4n) is 4.54. The zero-order valence-electron chi connectivity index (χ0n) is 13.6. The van der Waals surface area contributed by atoms with Crippen molar-refractivity contribution in [2.45, 2.75) is 59.4 Å². The van der Waals surface area contributed by atoms with Gasteiger partial charge in [-0.05, 0) is 43.9 Å². The summed E-state index contributed by atoms with van der Waals surface area (Å²) in [5, 5.41) is 2.86. The first-order valence-corrected chi connectivity index (χ1v) is 9.20. The largest absolute Gasteiger partial charge is 0.350 e. The lowest BCUT2D eigenvalue weighted by molar-refractivity contribution is -0.130. The predicted molar refractivity (Wildman–Crippen MR) is 81.4 cm³/mol. The van der Waals surface area contributed by atoms with Crippen LogP contribution in [-0.4, -0.2) is 30.2 Å². The van der Waals surface area contributed by atoms with E-state index in [1.54, 1.807) is 13.8 Å². The van der Waals surface area contributed by atoms with Crippen LogP contribution in [0.15, 0.2) is 0 Å². The molecule has 5 nitrogen and oxygen atoms in total. The lowest BCUT2D eigenvalue weighted by Crippen LogP contribution is -2.52. The van der Waals surface area contributed by atoms with E-state index in [9.17, 15) is 13.2 Å². The standard InChI is InChI=1S/C15H27NO4S/c1-10-6-7-11-14(4,5)15(11,8-10)12(17)16-13(2,3)9-21(18,19)20/h10-11H,6-9H2,1-5H3,(H,16,17)(H,18,19,20). The maximum absolute atomic E-state index is 12.8. The van der Waals surface area contributed by atoms with Crippen LogP contribution in [0.25, 0.3) is 0 Å². The molecule has 3 unspecified atom stereocenters. The van der Waals surface area contributed by atoms with Gasteiger partial charge in [-0.1, -0.05) is 27.2 Å². The van der Waals surface area contributed by atoms with Crippen molar-refractivity contribution in [1.82, 2.24) is 5.32 Å². The van der Waals surface area contributed by atoms with Crippen LogP contribution in [0, 0.1) is 22.7 Å². The fraction of sp³-hybridized carbons (Fsp3) is 0.933. The van der Waals surface area contributed by atoms with Gasteiger partial charge in [-0.15, -0.1) is 0 Å². The lowest BCUT2D eigenvalue weighted by atomic mass is 9.79. The van der Waals surface area contributed by atoms with Crippen LogP contribution in [-0.2, 0) is 14.9 Å². The third-order valence-corrected chi connectivity index (χ3v) is 6.64. The monoisotopic (exact) mass is 317 g/mol. The van der Waals surface area contributed by atoms with E-state index in [1.165, 1.54) is 0 Å². The summed E-state index contributed by atoms with van der Waals surface area (Å²) >= 11 is 0. The topological polar surface area (TPSA) is 83.5 Å². The van der Waals surface area contributed by atoms with Gasteiger partial charge in [-0.2, -0.15) is 8.42 Å². The Labute approximate surface area is 127 Å². The molecule has 2 aliphatic carbocycles. The number of hydrogen-bond donors (Lipinski definition) is 2. The van der Waals surface area contributed by atoms with Crippen molar-refractivity contribution in [3.8, 4) is 0 Å². The summed E-state index contributed by atoms with van der Waals surface area (Å²) in [7, 11) is -4.12. The molecule has 0 spiro atoms. The lowest BCUT2D eigenvalue weighted by Gasteiger charge is -2.32. The molecule has 2 aliphatic rings. The average Bonchev–Trinajstić information content (AvgIpc) is 2.71. The highest BCUT2D eigenvalue weighted by molar-refractivity contribution is 7.85. The summed E-state index contributed by atoms with van der Waals surface area (Å²) < 4.78 is 31.2. The molecule has 122 valence electrons. The van der Waals surface area contributed by atoms with Crippen molar-refractivity contribution in [2.24, 2.45) is 22.7 Å². The Kier molecular flexibility index (Phi) is 3.74. The normalized spacial score (nSPS) is 35.0. The van der Waals surface area contributed by atoms with Gasteiger partial charge in [0.2, 0.25) is 5.91 Å². The minimum absolute atomic E-state index is 0.0317. The van der Waals surface area contributed by atoms with Crippen molar-refractivity contribution in [1.29, 1.82) is 0 Å². The van der Waals surface area contributed by atoms with Gasteiger partial charge in [-0.25, -0.2) is 0 Å². The number of hydrogen-bond acceptors (Lipinski definition) is 3. The average molecular weight is 317 g/mol. The van der Waals surface area contributed by atoms with Crippen molar-refractivity contribution in [2.75, 3.05) is 5.75 Å². The number of fused-ring (bicyclic) bond motifs is 1. The first kappa shape index (κ1) is 16.7. The van der Waals surface area contributed by atoms with Crippen LogP contribution < -0.4 is 5.32 Å². The predicted octanol–water partition coefficient (Wildman–Crippen LogP) is 2.23. The first-order chi connectivity index (χ1) is 9.32. The van der Waals surface area contributed by atoms with Crippen LogP contribution in [0.4, 0.5) is 0 Å². The molecule has 0 saturated heterocycles. The molecule has 0 aromatic heterocycles. The van der Waals surface area contributed by atoms with E-state index in [0.717, 1.165) is 19.3 Å². The quantitative estimate of drug-likeness (QED) is 0.779. The molecule has 2 rings (SSSR count). The Bertz CT molecular complexity index is 552. The highest BCUT2D eigenvalue weighted by Gasteiger charge is 2.75. The smallest absolute Gasteiger partial charge is 0.267 e. The zero-order chi connectivity index (χ0) is 16.3. The maximum Gasteiger partial charge on any atom is 0.267 e. The van der Waals surface area contributed by atoms with E-state index in [0.29, 0.717) is 11.8 Å². The molecule has 6 heteroatoms. The van der Waals surface area contributed by atoms with E-state index in [-0.39, 0.29) is 16.7 Å². The Balaban J connectivity index is 2.17. The van der Waals surface area contributed by atoms with E-state index in [1.807, 2.05) is 0 Å². The van der Waals surface area contributed by atoms with Gasteiger partial charge in [0.25, 0.3) is 10.1 Å². The van der Waals surface area contributed by atoms with Gasteiger partial charge in [-0.3, -0.25) is 9.35 Å². The van der Waals surface area contributed by atoms with Gasteiger partial charge in [0.1, 0.15) is 0 Å². The minimum Gasteiger partial charge on any atom is -0.350 e. The molecule has 0 aliphatic heterocycles. The molecular weight excluding hydrogens is 290 g/mol. The molecule has 0 bridgehead atoms. The van der Waals surface area contributed by atoms with Gasteiger partial charge >= 0.3 is 0 Å². The highest BCUT2D eigenvalue weighted by atomic mass is 32.2. The van der Waals surface area contributed by atoms with Crippen molar-refractivity contribution in [3.05, 3.63) is 0 Å². The highest BCUT2D eigenvalue weighted by Crippen LogP contribution is 2.75. The van der Waals surface area contributed by atoms with Crippen LogP contribution in [0.1, 0.15) is 53.9 Å². The minimum atomic E-state index is -4.12. The van der Waals surface area contributed by atoms with Gasteiger partial charge in [0, 0.05) is 0 Å². The summed E-state index contributed by atoms with van der Waals surface area (Å²) in [5.74, 6) is 0.363. The second-order valence-electron chi connectivity index (χ2n) is 8.20. The molecular formula is C15H27NO4S. The van der Waals surface area contributed by atoms with Crippen LogP contribution in [0.5, 0.6) is 0 Å². The molecule has 2 N–H and O–H groups in total. The van der Waals surface area contributed by atoms with E-state index >= 15 is 0 Å². The third kappa shape index (κ3) is 2.84. The summed E-state index contributed by atoms with van der Waals surface area (Å²) in [5.41, 5.74) is -1.37. The number of carbonyl (C=O) groups excluding carboxylic acids is 1. The molecule has 0 aromatic rings. The SMILES string of the molecule is CC1CCC2C(C)(C)C2(C(=O)NC(C)(C)CS(=O)(=O)O)C1. The molecule has 0 radical (unpaired) electrons. The third-order valence-electron chi connectivity index (χ3n) is 5.55. The van der Waals surface area contributed by atoms with Crippen molar-refractivity contribution >= 4 is 16.0 Å². The Morgan fingerprint density at radius 1 is 1.33 bits per heavy atom. The maximum atomic E-state index is 12.8. The van der Waals surface area contributed by atoms with E-state index < -0.39 is 21.4 Å². The molecule has 2 saturated carbocycles. The molecule has 3 atom stereocenters. The number of amides is 1. The number of rotatable bonds is 4. The summed E-state index contributed by atoms with van der Waals surface area (Å²) in [6.45, 7) is 9.69. The Morgan fingerprint density at radius 3 is 2.43 bits per heavy atom. The van der Waals surface area contributed by atoms with Crippen LogP contribution in [0.2, 0.25) is 0 Å². The van der Waals surface area contributed by atoms with Crippen molar-refractivity contribution in [3.63, 3.8) is 0 Å². The number of nitrogens with one attached hydrogen (secondary N) is 1. The van der Waals surface area contributed by atoms with E-state index in [2.05, 4.69) is 26.1 Å². The zero-order valence-corrected chi connectivity index (χ0v) is 14.4.